The lowest BCUT2D eigenvalue weighted by Gasteiger charge is -2.28. The summed E-state index contributed by atoms with van der Waals surface area (Å²) >= 11 is 9.68. The van der Waals surface area contributed by atoms with Gasteiger partial charge in [0, 0.05) is 30.8 Å². The molecule has 0 unspecified atom stereocenters. The Hall–Kier alpha value is -5.76. The van der Waals surface area contributed by atoms with Crippen LogP contribution < -0.4 is 48.7 Å². The molecule has 370 valence electrons. The lowest BCUT2D eigenvalue weighted by molar-refractivity contribution is -0.142. The van der Waals surface area contributed by atoms with E-state index in [1.54, 1.807) is 20.1 Å². The third-order valence-corrected chi connectivity index (χ3v) is 11.3. The smallest absolute Gasteiger partial charge is 0.326 e. The number of aliphatic hydroxyl groups is 1. The maximum absolute atomic E-state index is 14.0. The van der Waals surface area contributed by atoms with Crippen LogP contribution in [-0.2, 0) is 56.0 Å². The molecule has 0 fully saturated rings. The van der Waals surface area contributed by atoms with E-state index in [9.17, 15) is 63.6 Å². The van der Waals surface area contributed by atoms with Crippen molar-refractivity contribution in [2.75, 3.05) is 30.1 Å². The van der Waals surface area contributed by atoms with Gasteiger partial charge in [-0.25, -0.2) is 4.79 Å². The summed E-state index contributed by atoms with van der Waals surface area (Å²) in [6.07, 6.45) is 1.18. The minimum atomic E-state index is -1.67. The van der Waals surface area contributed by atoms with E-state index < -0.39 is 114 Å². The van der Waals surface area contributed by atoms with Crippen LogP contribution in [0.5, 0.6) is 11.5 Å². The molecular formula is C42H61N9O13S3. The number of carbonyl (C=O) groups is 9. The van der Waals surface area contributed by atoms with Crippen molar-refractivity contribution in [3.8, 4) is 11.5 Å². The van der Waals surface area contributed by atoms with Gasteiger partial charge in [0.1, 0.15) is 53.8 Å². The SMILES string of the molecule is CSCC[C@H](NC(=O)[C@H](Cc1ccc(O)cc1)NC(=O)[C@H](CS)NC(=O)[C@@H](N)CCC(N)=O)C(=O)N[C@@H](CS)C(=O)N[C@H](CO)C(=O)N[C@H](C(=O)N[C@@H](Cc1ccc(O)cc1)C(=O)O)C(C)C. The van der Waals surface area contributed by atoms with Gasteiger partial charge in [-0.3, -0.25) is 38.4 Å². The summed E-state index contributed by atoms with van der Waals surface area (Å²) in [4.78, 5) is 117. The standard InChI is InChI=1S/C42H61N9O13S3/c1-21(2)34(41(62)47-29(42(63)64)17-23-6-10-25(54)11-7-23)51-38(59)30(18-52)48-40(61)32(20-66)50-36(57)27(14-15-67-3)45-37(58)28(16-22-4-8-24(53)9-5-22)46-39(60)31(19-65)49-35(56)26(43)12-13-33(44)55/h4-11,21,26-32,34,52-54,65-66H,12-20,43H2,1-3H3,(H2,44,55)(H,45,58)(H,46,60)(H,47,62)(H,48,61)(H,49,56)(H,50,57)(H,51,59)(H,63,64)/t26-,27-,28-,29-,30+,31-,32-,34-/m0/s1. The molecule has 0 heterocycles. The van der Waals surface area contributed by atoms with Crippen LogP contribution in [0.15, 0.2) is 48.5 Å². The number of aliphatic carboxylic acids is 1. The second kappa shape index (κ2) is 29.1. The number of nitrogens with one attached hydrogen (secondary N) is 7. The highest BCUT2D eigenvalue weighted by molar-refractivity contribution is 7.98. The van der Waals surface area contributed by atoms with E-state index in [2.05, 4.69) is 62.5 Å². The maximum atomic E-state index is 14.0. The fourth-order valence-corrected chi connectivity index (χ4v) is 7.06. The van der Waals surface area contributed by atoms with Gasteiger partial charge in [-0.2, -0.15) is 37.0 Å². The third-order valence-electron chi connectivity index (χ3n) is 9.98. The monoisotopic (exact) mass is 995 g/mol. The number of carbonyl (C=O) groups excluding carboxylic acids is 8. The Morgan fingerprint density at radius 3 is 1.43 bits per heavy atom. The van der Waals surface area contributed by atoms with E-state index in [0.717, 1.165) is 0 Å². The Morgan fingerprint density at radius 2 is 0.985 bits per heavy atom. The first kappa shape index (κ1) is 57.4. The van der Waals surface area contributed by atoms with E-state index in [4.69, 9.17) is 11.5 Å². The molecule has 0 bridgehead atoms. The third kappa shape index (κ3) is 19.9. The molecule has 0 radical (unpaired) electrons. The molecule has 67 heavy (non-hydrogen) atoms. The summed E-state index contributed by atoms with van der Waals surface area (Å²) in [5, 5.41) is 56.5. The number of phenols is 2. The normalized spacial score (nSPS) is 14.6. The number of thioether (sulfide) groups is 1. The van der Waals surface area contributed by atoms with Gasteiger partial charge < -0.3 is 69.1 Å². The lowest BCUT2D eigenvalue weighted by atomic mass is 10.0. The van der Waals surface area contributed by atoms with Crippen molar-refractivity contribution in [2.24, 2.45) is 17.4 Å². The van der Waals surface area contributed by atoms with E-state index in [1.807, 2.05) is 0 Å². The summed E-state index contributed by atoms with van der Waals surface area (Å²) in [7, 11) is 0. The van der Waals surface area contributed by atoms with Crippen molar-refractivity contribution in [1.29, 1.82) is 0 Å². The second-order valence-electron chi connectivity index (χ2n) is 15.6. The van der Waals surface area contributed by atoms with Gasteiger partial charge in [0.05, 0.1) is 12.6 Å². The van der Waals surface area contributed by atoms with E-state index in [1.165, 1.54) is 60.3 Å². The summed E-state index contributed by atoms with van der Waals surface area (Å²) in [6, 6.07) is 0.326. The number of nitrogens with two attached hydrogens (primary N) is 2. The topological polar surface area (TPSA) is 371 Å². The predicted octanol–water partition coefficient (Wildman–Crippen LogP) is -2.79. The van der Waals surface area contributed by atoms with Crippen LogP contribution in [0.25, 0.3) is 0 Å². The number of rotatable bonds is 29. The van der Waals surface area contributed by atoms with Crippen LogP contribution in [0.1, 0.15) is 44.2 Å². The Labute approximate surface area is 402 Å². The number of carboxylic acid groups (broad SMARTS) is 1. The molecule has 2 rings (SSSR count). The molecule has 0 saturated carbocycles. The number of thiol groups is 2. The minimum Gasteiger partial charge on any atom is -0.508 e. The van der Waals surface area contributed by atoms with Crippen molar-refractivity contribution < 1.29 is 63.6 Å². The number of hydrogen-bond donors (Lipinski definition) is 15. The average Bonchev–Trinajstić information content (AvgIpc) is 3.28. The van der Waals surface area contributed by atoms with Crippen molar-refractivity contribution in [2.45, 2.75) is 94.3 Å². The van der Waals surface area contributed by atoms with Gasteiger partial charge in [0.25, 0.3) is 0 Å². The zero-order valence-electron chi connectivity index (χ0n) is 37.1. The van der Waals surface area contributed by atoms with Gasteiger partial charge in [-0.1, -0.05) is 38.1 Å². The second-order valence-corrected chi connectivity index (χ2v) is 17.3. The molecule has 15 N–H and O–H groups in total. The fourth-order valence-electron chi connectivity index (χ4n) is 6.08. The largest absolute Gasteiger partial charge is 0.508 e. The summed E-state index contributed by atoms with van der Waals surface area (Å²) in [6.45, 7) is 2.18. The Kier molecular flexibility index (Phi) is 24.9. The summed E-state index contributed by atoms with van der Waals surface area (Å²) < 4.78 is 0. The van der Waals surface area contributed by atoms with E-state index in [-0.39, 0.29) is 55.1 Å². The van der Waals surface area contributed by atoms with Crippen LogP contribution in [0.3, 0.4) is 0 Å². The number of aliphatic hydroxyl groups excluding tert-OH is 1. The first-order valence-electron chi connectivity index (χ1n) is 20.9. The number of aromatic hydroxyl groups is 2. The molecule has 2 aromatic carbocycles. The van der Waals surface area contributed by atoms with Crippen molar-refractivity contribution in [1.82, 2.24) is 37.2 Å². The zero-order valence-corrected chi connectivity index (χ0v) is 39.7. The zero-order chi connectivity index (χ0) is 50.4. The molecule has 0 saturated heterocycles. The van der Waals surface area contributed by atoms with Crippen LogP contribution in [0, 0.1) is 5.92 Å². The Bertz CT molecular complexity index is 2020. The van der Waals surface area contributed by atoms with Crippen LogP contribution in [0.2, 0.25) is 0 Å². The number of benzene rings is 2. The molecule has 0 aliphatic rings. The van der Waals surface area contributed by atoms with Gasteiger partial charge >= 0.3 is 5.97 Å². The first-order valence-corrected chi connectivity index (χ1v) is 23.6. The molecule has 0 aromatic heterocycles. The molecule has 0 spiro atoms. The fraction of sp³-hybridized carbons (Fsp3) is 0.500. The van der Waals surface area contributed by atoms with Crippen molar-refractivity contribution in [3.63, 3.8) is 0 Å². The molecule has 25 heteroatoms. The molecule has 8 amide bonds. The van der Waals surface area contributed by atoms with Gasteiger partial charge in [-0.15, -0.1) is 0 Å². The molecule has 2 aromatic rings. The van der Waals surface area contributed by atoms with Crippen molar-refractivity contribution >= 4 is 90.2 Å². The Morgan fingerprint density at radius 1 is 0.582 bits per heavy atom. The van der Waals surface area contributed by atoms with Crippen LogP contribution in [-0.4, -0.2) is 152 Å². The number of amides is 8. The highest BCUT2D eigenvalue weighted by Gasteiger charge is 2.35. The molecule has 0 aliphatic heterocycles. The van der Waals surface area contributed by atoms with Gasteiger partial charge in [0.15, 0.2) is 0 Å². The highest BCUT2D eigenvalue weighted by atomic mass is 32.2. The van der Waals surface area contributed by atoms with Gasteiger partial charge in [0.2, 0.25) is 47.3 Å². The number of phenolic OH excluding ortho intramolecular Hbond substituents is 2. The first-order chi connectivity index (χ1) is 31.6. The van der Waals surface area contributed by atoms with Crippen molar-refractivity contribution in [3.05, 3.63) is 59.7 Å². The molecular weight excluding hydrogens is 935 g/mol. The maximum Gasteiger partial charge on any atom is 0.326 e. The lowest BCUT2D eigenvalue weighted by Crippen LogP contribution is -2.61. The van der Waals surface area contributed by atoms with E-state index in [0.29, 0.717) is 16.9 Å². The van der Waals surface area contributed by atoms with E-state index >= 15 is 0 Å². The quantitative estimate of drug-likeness (QED) is 0.0367. The Balaban J connectivity index is 2.23. The average molecular weight is 996 g/mol. The summed E-state index contributed by atoms with van der Waals surface area (Å²) in [5.74, 6) is -9.22. The van der Waals surface area contributed by atoms with Crippen LogP contribution >= 0.6 is 37.0 Å². The molecule has 0 aliphatic carbocycles. The predicted molar refractivity (Wildman–Crippen MR) is 254 cm³/mol. The number of carboxylic acids is 1. The number of primary amides is 1. The molecule has 8 atom stereocenters. The van der Waals surface area contributed by atoms with Gasteiger partial charge in [-0.05, 0) is 66.2 Å². The highest BCUT2D eigenvalue weighted by Crippen LogP contribution is 2.14. The number of hydrogen-bond acceptors (Lipinski definition) is 16. The minimum absolute atomic E-state index is 0.0238. The van der Waals surface area contributed by atoms with Crippen LogP contribution in [0.4, 0.5) is 0 Å². The molecule has 22 nitrogen and oxygen atoms in total. The summed E-state index contributed by atoms with van der Waals surface area (Å²) in [5.41, 5.74) is 12.0.